The van der Waals surface area contributed by atoms with Crippen LogP contribution in [0.25, 0.3) is 0 Å². The molecule has 0 aliphatic carbocycles. The first-order valence-corrected chi connectivity index (χ1v) is 7.63. The normalized spacial score (nSPS) is 12.9. The summed E-state index contributed by atoms with van der Waals surface area (Å²) in [5.74, 6) is 0.875. The van der Waals surface area contributed by atoms with Gasteiger partial charge in [-0.1, -0.05) is 60.2 Å². The average molecular weight is 223 g/mol. The van der Waals surface area contributed by atoms with Crippen LogP contribution in [0, 0.1) is 0 Å². The number of aryl methyl sites for hydroxylation is 1. The van der Waals surface area contributed by atoms with Gasteiger partial charge >= 0.3 is 0 Å². The van der Waals surface area contributed by atoms with E-state index in [1.165, 1.54) is 5.56 Å². The third-order valence-corrected chi connectivity index (χ3v) is 3.44. The standard InChI is InChI=1S/C9H12Cl2S/c1-12(10,11)8-7-9-5-3-2-4-6-9/h2-6H,7-8H2,1H3. The van der Waals surface area contributed by atoms with E-state index in [0.717, 1.165) is 12.2 Å². The van der Waals surface area contributed by atoms with Gasteiger partial charge in [-0.3, -0.25) is 0 Å². The van der Waals surface area contributed by atoms with E-state index in [1.807, 2.05) is 24.5 Å². The lowest BCUT2D eigenvalue weighted by Gasteiger charge is -2.17. The lowest BCUT2D eigenvalue weighted by atomic mass is 10.2. The number of halogens is 2. The maximum Gasteiger partial charge on any atom is 0.00680 e. The Morgan fingerprint density at radius 2 is 1.75 bits per heavy atom. The molecule has 3 heteroatoms. The zero-order valence-electron chi connectivity index (χ0n) is 6.97. The van der Waals surface area contributed by atoms with Crippen molar-refractivity contribution >= 4 is 29.8 Å². The van der Waals surface area contributed by atoms with Crippen LogP contribution in [0.1, 0.15) is 5.56 Å². The monoisotopic (exact) mass is 222 g/mol. The zero-order chi connectivity index (χ0) is 9.03. The van der Waals surface area contributed by atoms with Crippen LogP contribution in [0.5, 0.6) is 0 Å². The van der Waals surface area contributed by atoms with Gasteiger partial charge in [-0.05, 0) is 18.2 Å². The molecule has 0 nitrogen and oxygen atoms in total. The van der Waals surface area contributed by atoms with Crippen molar-refractivity contribution in [2.45, 2.75) is 6.42 Å². The van der Waals surface area contributed by atoms with E-state index >= 15 is 0 Å². The number of rotatable bonds is 3. The van der Waals surface area contributed by atoms with Gasteiger partial charge in [0.1, 0.15) is 0 Å². The van der Waals surface area contributed by atoms with Gasteiger partial charge < -0.3 is 0 Å². The number of benzene rings is 1. The summed E-state index contributed by atoms with van der Waals surface area (Å²) in [6.45, 7) is 0. The van der Waals surface area contributed by atoms with Gasteiger partial charge in [-0.15, -0.1) is 0 Å². The molecule has 0 spiro atoms. The molecular weight excluding hydrogens is 211 g/mol. The predicted octanol–water partition coefficient (Wildman–Crippen LogP) is 3.97. The minimum absolute atomic E-state index is 0.875. The van der Waals surface area contributed by atoms with E-state index < -0.39 is 8.46 Å². The topological polar surface area (TPSA) is 0 Å². The van der Waals surface area contributed by atoms with Crippen molar-refractivity contribution in [3.05, 3.63) is 35.9 Å². The Bertz CT molecular complexity index is 228. The molecule has 1 aromatic carbocycles. The fourth-order valence-electron chi connectivity index (χ4n) is 0.942. The second kappa shape index (κ2) is 4.40. The van der Waals surface area contributed by atoms with Gasteiger partial charge in [-0.25, -0.2) is 0 Å². The molecule has 0 atom stereocenters. The van der Waals surface area contributed by atoms with Crippen LogP contribution >= 0.6 is 29.8 Å². The summed E-state index contributed by atoms with van der Waals surface area (Å²) >= 11 is 0. The first-order valence-electron chi connectivity index (χ1n) is 3.77. The summed E-state index contributed by atoms with van der Waals surface area (Å²) in [5.41, 5.74) is 1.30. The van der Waals surface area contributed by atoms with Crippen LogP contribution in [0.2, 0.25) is 0 Å². The summed E-state index contributed by atoms with van der Waals surface area (Å²) in [4.78, 5) is 0. The zero-order valence-corrected chi connectivity index (χ0v) is 9.29. The molecule has 0 saturated carbocycles. The van der Waals surface area contributed by atoms with Crippen LogP contribution in [0.15, 0.2) is 30.3 Å². The Morgan fingerprint density at radius 3 is 2.25 bits per heavy atom. The average Bonchev–Trinajstić information content (AvgIpc) is 2.02. The molecule has 0 radical (unpaired) electrons. The van der Waals surface area contributed by atoms with Crippen molar-refractivity contribution in [2.24, 2.45) is 0 Å². The van der Waals surface area contributed by atoms with Crippen molar-refractivity contribution in [2.75, 3.05) is 12.0 Å². The minimum Gasteiger partial charge on any atom is -0.0869 e. The van der Waals surface area contributed by atoms with Crippen molar-refractivity contribution in [3.8, 4) is 0 Å². The molecule has 0 bridgehead atoms. The highest BCUT2D eigenvalue weighted by Gasteiger charge is 2.09. The van der Waals surface area contributed by atoms with E-state index in [-0.39, 0.29) is 0 Å². The summed E-state index contributed by atoms with van der Waals surface area (Å²) in [7, 11) is 10.5. The summed E-state index contributed by atoms with van der Waals surface area (Å²) in [5, 5.41) is 0. The maximum absolute atomic E-state index is 5.93. The molecule has 12 heavy (non-hydrogen) atoms. The fourth-order valence-corrected chi connectivity index (χ4v) is 2.00. The molecule has 0 fully saturated rings. The van der Waals surface area contributed by atoms with Gasteiger partial charge in [0.2, 0.25) is 0 Å². The second-order valence-corrected chi connectivity index (χ2v) is 9.53. The molecule has 1 rings (SSSR count). The number of hydrogen-bond donors (Lipinski definition) is 0. The van der Waals surface area contributed by atoms with Gasteiger partial charge in [0, 0.05) is 5.75 Å². The maximum atomic E-state index is 5.93. The van der Waals surface area contributed by atoms with Crippen molar-refractivity contribution in [1.82, 2.24) is 0 Å². The van der Waals surface area contributed by atoms with Crippen LogP contribution in [-0.4, -0.2) is 12.0 Å². The Kier molecular flexibility index (Phi) is 3.76. The smallest absolute Gasteiger partial charge is 0.00680 e. The molecule has 0 amide bonds. The Hall–Kier alpha value is 0.150. The molecule has 0 aliphatic heterocycles. The lowest BCUT2D eigenvalue weighted by molar-refractivity contribution is 1.16. The highest BCUT2D eigenvalue weighted by Crippen LogP contribution is 2.54. The van der Waals surface area contributed by atoms with Crippen LogP contribution in [0.3, 0.4) is 0 Å². The first kappa shape index (κ1) is 10.2. The van der Waals surface area contributed by atoms with Crippen LogP contribution in [0.4, 0.5) is 0 Å². The predicted molar refractivity (Wildman–Crippen MR) is 60.2 cm³/mol. The molecule has 0 N–H and O–H groups in total. The second-order valence-electron chi connectivity index (χ2n) is 2.81. The van der Waals surface area contributed by atoms with Gasteiger partial charge in [0.05, 0.1) is 0 Å². The van der Waals surface area contributed by atoms with Gasteiger partial charge in [0.25, 0.3) is 0 Å². The Balaban J connectivity index is 2.44. The summed E-state index contributed by atoms with van der Waals surface area (Å²) < 4.78 is 0. The van der Waals surface area contributed by atoms with Crippen LogP contribution in [-0.2, 0) is 6.42 Å². The minimum atomic E-state index is -1.38. The summed E-state index contributed by atoms with van der Waals surface area (Å²) in [6.07, 6.45) is 2.87. The number of hydrogen-bond acceptors (Lipinski definition) is 0. The van der Waals surface area contributed by atoms with Gasteiger partial charge in [-0.2, -0.15) is 0 Å². The fraction of sp³-hybridized carbons (Fsp3) is 0.333. The quantitative estimate of drug-likeness (QED) is 0.727. The molecule has 0 heterocycles. The third kappa shape index (κ3) is 4.24. The highest BCUT2D eigenvalue weighted by atomic mass is 36.0. The molecule has 68 valence electrons. The van der Waals surface area contributed by atoms with Crippen molar-refractivity contribution in [3.63, 3.8) is 0 Å². The first-order chi connectivity index (χ1) is 5.58. The molecular formula is C9H12Cl2S. The third-order valence-electron chi connectivity index (χ3n) is 1.59. The van der Waals surface area contributed by atoms with E-state index in [2.05, 4.69) is 12.1 Å². The van der Waals surface area contributed by atoms with Crippen molar-refractivity contribution in [1.29, 1.82) is 0 Å². The van der Waals surface area contributed by atoms with Gasteiger partial charge in [0.15, 0.2) is 0 Å². The van der Waals surface area contributed by atoms with E-state index in [9.17, 15) is 0 Å². The molecule has 0 aliphatic rings. The Morgan fingerprint density at radius 1 is 1.17 bits per heavy atom. The molecule has 1 aromatic rings. The molecule has 0 unspecified atom stereocenters. The molecule has 0 saturated heterocycles. The van der Waals surface area contributed by atoms with E-state index in [1.54, 1.807) is 0 Å². The lowest BCUT2D eigenvalue weighted by Crippen LogP contribution is -1.93. The van der Waals surface area contributed by atoms with E-state index in [4.69, 9.17) is 21.4 Å². The summed E-state index contributed by atoms with van der Waals surface area (Å²) in [6, 6.07) is 10.3. The van der Waals surface area contributed by atoms with Crippen LogP contribution < -0.4 is 0 Å². The highest BCUT2D eigenvalue weighted by molar-refractivity contribution is 8.65. The SMILES string of the molecule is CS(Cl)(Cl)CCc1ccccc1. The largest absolute Gasteiger partial charge is 0.0869 e. The molecule has 0 aromatic heterocycles. The van der Waals surface area contributed by atoms with E-state index in [0.29, 0.717) is 0 Å². The van der Waals surface area contributed by atoms with Crippen molar-refractivity contribution < 1.29 is 0 Å². The Labute approximate surface area is 84.2 Å².